The van der Waals surface area contributed by atoms with Crippen LogP contribution in [-0.4, -0.2) is 53.8 Å². The first-order chi connectivity index (χ1) is 7.47. The Hall–Kier alpha value is -1.30. The zero-order valence-corrected chi connectivity index (χ0v) is 9.65. The number of carboxylic acid groups (broad SMARTS) is 1. The number of nitrogens with zero attached hydrogens (tertiary/aromatic N) is 1. The van der Waals surface area contributed by atoms with Crippen molar-refractivity contribution < 1.29 is 19.4 Å². The van der Waals surface area contributed by atoms with Gasteiger partial charge in [-0.2, -0.15) is 0 Å². The monoisotopic (exact) mass is 230 g/mol. The van der Waals surface area contributed by atoms with Crippen molar-refractivity contribution in [2.24, 2.45) is 0 Å². The lowest BCUT2D eigenvalue weighted by atomic mass is 9.97. The van der Waals surface area contributed by atoms with E-state index >= 15 is 0 Å². The zero-order chi connectivity index (χ0) is 12.2. The number of aliphatic carboxylic acids is 1. The third-order valence-corrected chi connectivity index (χ3v) is 2.45. The molecular weight excluding hydrogens is 212 g/mol. The Balaban J connectivity index is 2.19. The van der Waals surface area contributed by atoms with E-state index in [9.17, 15) is 9.59 Å². The predicted molar refractivity (Wildman–Crippen MR) is 57.3 cm³/mol. The van der Waals surface area contributed by atoms with E-state index in [4.69, 9.17) is 9.84 Å². The van der Waals surface area contributed by atoms with Crippen molar-refractivity contribution in [3.63, 3.8) is 0 Å². The highest BCUT2D eigenvalue weighted by molar-refractivity contribution is 5.76. The van der Waals surface area contributed by atoms with Gasteiger partial charge in [0.05, 0.1) is 19.5 Å². The van der Waals surface area contributed by atoms with Crippen LogP contribution in [0.5, 0.6) is 0 Å². The number of carbonyl (C=O) groups excluding carboxylic acids is 1. The summed E-state index contributed by atoms with van der Waals surface area (Å²) in [6.07, 6.45) is -0.0533. The Kier molecular flexibility index (Phi) is 4.12. The molecule has 6 nitrogen and oxygen atoms in total. The molecule has 0 atom stereocenters. The van der Waals surface area contributed by atoms with Gasteiger partial charge in [-0.15, -0.1) is 0 Å². The predicted octanol–water partition coefficient (Wildman–Crippen LogP) is 0.281. The topological polar surface area (TPSA) is 78.9 Å². The fraction of sp³-hybridized carbons (Fsp3) is 0.800. The van der Waals surface area contributed by atoms with Gasteiger partial charge >= 0.3 is 12.0 Å². The normalized spacial score (nSPS) is 17.8. The van der Waals surface area contributed by atoms with E-state index in [1.54, 1.807) is 4.90 Å². The Morgan fingerprint density at radius 2 is 2.12 bits per heavy atom. The Labute approximate surface area is 94.6 Å². The SMILES string of the molecule is CCOC1(C)CN(C(=O)NCCC(=O)O)C1. The third-order valence-electron chi connectivity index (χ3n) is 2.45. The van der Waals surface area contributed by atoms with Gasteiger partial charge in [0.15, 0.2) is 0 Å². The van der Waals surface area contributed by atoms with Gasteiger partial charge in [-0.3, -0.25) is 4.79 Å². The zero-order valence-electron chi connectivity index (χ0n) is 9.65. The summed E-state index contributed by atoms with van der Waals surface area (Å²) in [5, 5.41) is 11.0. The second-order valence-electron chi connectivity index (χ2n) is 4.11. The lowest BCUT2D eigenvalue weighted by molar-refractivity contribution is -0.136. The van der Waals surface area contributed by atoms with Gasteiger partial charge in [0.25, 0.3) is 0 Å². The number of urea groups is 1. The van der Waals surface area contributed by atoms with Crippen LogP contribution in [0, 0.1) is 0 Å². The molecule has 1 fully saturated rings. The number of rotatable bonds is 5. The Morgan fingerprint density at radius 1 is 1.50 bits per heavy atom. The molecule has 0 aromatic heterocycles. The van der Waals surface area contributed by atoms with Crippen molar-refractivity contribution in [1.82, 2.24) is 10.2 Å². The Bertz CT molecular complexity index is 274. The number of hydrogen-bond acceptors (Lipinski definition) is 3. The minimum atomic E-state index is -0.914. The average molecular weight is 230 g/mol. The van der Waals surface area contributed by atoms with Gasteiger partial charge in [-0.05, 0) is 13.8 Å². The van der Waals surface area contributed by atoms with Crippen LogP contribution in [0.25, 0.3) is 0 Å². The van der Waals surface area contributed by atoms with Gasteiger partial charge in [0.2, 0.25) is 0 Å². The highest BCUT2D eigenvalue weighted by atomic mass is 16.5. The molecule has 1 heterocycles. The molecule has 2 amide bonds. The second-order valence-corrected chi connectivity index (χ2v) is 4.11. The molecule has 0 radical (unpaired) electrons. The minimum Gasteiger partial charge on any atom is -0.481 e. The van der Waals surface area contributed by atoms with Gasteiger partial charge in [-0.1, -0.05) is 0 Å². The van der Waals surface area contributed by atoms with Crippen molar-refractivity contribution in [3.8, 4) is 0 Å². The van der Waals surface area contributed by atoms with E-state index in [1.807, 2.05) is 13.8 Å². The molecule has 2 N–H and O–H groups in total. The molecule has 92 valence electrons. The van der Waals surface area contributed by atoms with Crippen molar-refractivity contribution in [2.75, 3.05) is 26.2 Å². The summed E-state index contributed by atoms with van der Waals surface area (Å²) < 4.78 is 5.47. The van der Waals surface area contributed by atoms with Crippen molar-refractivity contribution in [3.05, 3.63) is 0 Å². The van der Waals surface area contributed by atoms with Crippen LogP contribution < -0.4 is 5.32 Å². The molecule has 0 saturated carbocycles. The number of amides is 2. The highest BCUT2D eigenvalue weighted by Crippen LogP contribution is 2.24. The lowest BCUT2D eigenvalue weighted by Gasteiger charge is -2.47. The number of nitrogens with one attached hydrogen (secondary N) is 1. The number of hydrogen-bond donors (Lipinski definition) is 2. The molecule has 1 aliphatic heterocycles. The smallest absolute Gasteiger partial charge is 0.317 e. The molecule has 0 aromatic carbocycles. The summed E-state index contributed by atoms with van der Waals surface area (Å²) in [6.45, 7) is 5.78. The van der Waals surface area contributed by atoms with Gasteiger partial charge in [0, 0.05) is 13.2 Å². The first-order valence-electron chi connectivity index (χ1n) is 5.35. The maximum Gasteiger partial charge on any atom is 0.317 e. The van der Waals surface area contributed by atoms with E-state index < -0.39 is 5.97 Å². The molecule has 0 bridgehead atoms. The van der Waals surface area contributed by atoms with Crippen molar-refractivity contribution >= 4 is 12.0 Å². The molecule has 1 rings (SSSR count). The molecule has 0 spiro atoms. The standard InChI is InChI=1S/C10H18N2O4/c1-3-16-10(2)6-12(7-10)9(15)11-5-4-8(13)14/h3-7H2,1-2H3,(H,11,15)(H,13,14). The molecule has 6 heteroatoms. The minimum absolute atomic E-state index is 0.0533. The maximum atomic E-state index is 11.5. The van der Waals surface area contributed by atoms with Gasteiger partial charge in [0.1, 0.15) is 5.60 Å². The summed E-state index contributed by atoms with van der Waals surface area (Å²) >= 11 is 0. The lowest BCUT2D eigenvalue weighted by Crippen LogP contribution is -2.65. The van der Waals surface area contributed by atoms with E-state index in [0.717, 1.165) is 0 Å². The molecular formula is C10H18N2O4. The highest BCUT2D eigenvalue weighted by Gasteiger charge is 2.41. The van der Waals surface area contributed by atoms with E-state index in [-0.39, 0.29) is 24.6 Å². The summed E-state index contributed by atoms with van der Waals surface area (Å²) in [5.41, 5.74) is -0.237. The molecule has 0 aromatic rings. The molecule has 0 aliphatic carbocycles. The molecule has 1 saturated heterocycles. The second kappa shape index (κ2) is 5.16. The number of ether oxygens (including phenoxy) is 1. The summed E-state index contributed by atoms with van der Waals surface area (Å²) in [4.78, 5) is 23.3. The van der Waals surface area contributed by atoms with Gasteiger partial charge < -0.3 is 20.1 Å². The van der Waals surface area contributed by atoms with Crippen LogP contribution in [0.1, 0.15) is 20.3 Å². The first kappa shape index (κ1) is 12.8. The van der Waals surface area contributed by atoms with Crippen LogP contribution in [-0.2, 0) is 9.53 Å². The van der Waals surface area contributed by atoms with Crippen LogP contribution in [0.3, 0.4) is 0 Å². The van der Waals surface area contributed by atoms with Crippen molar-refractivity contribution in [1.29, 1.82) is 0 Å². The average Bonchev–Trinajstić information content (AvgIpc) is 2.13. The first-order valence-corrected chi connectivity index (χ1v) is 5.35. The summed E-state index contributed by atoms with van der Waals surface area (Å²) in [5.74, 6) is -0.914. The van der Waals surface area contributed by atoms with Crippen LogP contribution in [0.15, 0.2) is 0 Å². The fourth-order valence-corrected chi connectivity index (χ4v) is 1.73. The van der Waals surface area contributed by atoms with E-state index in [1.165, 1.54) is 0 Å². The quantitative estimate of drug-likeness (QED) is 0.711. The number of likely N-dealkylation sites (tertiary alicyclic amines) is 1. The number of carboxylic acids is 1. The van der Waals surface area contributed by atoms with E-state index in [0.29, 0.717) is 19.7 Å². The molecule has 16 heavy (non-hydrogen) atoms. The fourth-order valence-electron chi connectivity index (χ4n) is 1.73. The Morgan fingerprint density at radius 3 is 2.62 bits per heavy atom. The molecule has 0 unspecified atom stereocenters. The summed E-state index contributed by atoms with van der Waals surface area (Å²) in [7, 11) is 0. The van der Waals surface area contributed by atoms with Gasteiger partial charge in [-0.25, -0.2) is 4.79 Å². The summed E-state index contributed by atoms with van der Waals surface area (Å²) in [6, 6.07) is -0.224. The largest absolute Gasteiger partial charge is 0.481 e. The van der Waals surface area contributed by atoms with Crippen LogP contribution in [0.2, 0.25) is 0 Å². The van der Waals surface area contributed by atoms with Crippen molar-refractivity contribution in [2.45, 2.75) is 25.9 Å². The van der Waals surface area contributed by atoms with E-state index in [2.05, 4.69) is 5.32 Å². The maximum absolute atomic E-state index is 11.5. The number of carbonyl (C=O) groups is 2. The van der Waals surface area contributed by atoms with Crippen LogP contribution in [0.4, 0.5) is 4.79 Å². The van der Waals surface area contributed by atoms with Crippen LogP contribution >= 0.6 is 0 Å². The molecule has 1 aliphatic rings. The third kappa shape index (κ3) is 3.37.